The van der Waals surface area contributed by atoms with Gasteiger partial charge in [0.05, 0.1) is 0 Å². The molecule has 0 bridgehead atoms. The summed E-state index contributed by atoms with van der Waals surface area (Å²) in [6.07, 6.45) is 7.66. The molecule has 4 heteroatoms. The third-order valence-corrected chi connectivity index (χ3v) is 5.13. The van der Waals surface area contributed by atoms with Crippen LogP contribution >= 0.6 is 0 Å². The van der Waals surface area contributed by atoms with Crippen molar-refractivity contribution in [3.63, 3.8) is 0 Å². The Bertz CT molecular complexity index is 661. The molecule has 1 aliphatic rings. The van der Waals surface area contributed by atoms with Gasteiger partial charge < -0.3 is 10.2 Å². The molecular weight excluding hydrogens is 304 g/mol. The lowest BCUT2D eigenvalue weighted by Crippen LogP contribution is -2.53. The zero-order chi connectivity index (χ0) is 17.8. The number of carboxylic acid groups (broad SMARTS) is 2. The third-order valence-electron chi connectivity index (χ3n) is 5.13. The van der Waals surface area contributed by atoms with E-state index in [4.69, 9.17) is 0 Å². The van der Waals surface area contributed by atoms with Crippen LogP contribution in [0.5, 0.6) is 0 Å². The van der Waals surface area contributed by atoms with Crippen LogP contribution in [-0.2, 0) is 16.0 Å². The highest BCUT2D eigenvalue weighted by Crippen LogP contribution is 2.51. The molecule has 128 valence electrons. The van der Waals surface area contributed by atoms with Gasteiger partial charge in [-0.3, -0.25) is 9.59 Å². The van der Waals surface area contributed by atoms with Gasteiger partial charge in [0.15, 0.2) is 0 Å². The van der Waals surface area contributed by atoms with Gasteiger partial charge in [0.1, 0.15) is 10.8 Å². The molecule has 24 heavy (non-hydrogen) atoms. The Hall–Kier alpha value is -2.36. The number of benzene rings is 1. The van der Waals surface area contributed by atoms with Crippen LogP contribution in [0.3, 0.4) is 0 Å². The Labute approximate surface area is 142 Å². The molecule has 0 heterocycles. The predicted molar refractivity (Wildman–Crippen MR) is 92.6 cm³/mol. The van der Waals surface area contributed by atoms with E-state index in [1.54, 1.807) is 24.3 Å². The molecule has 0 amide bonds. The van der Waals surface area contributed by atoms with E-state index in [-0.39, 0.29) is 12.3 Å². The van der Waals surface area contributed by atoms with E-state index in [1.165, 1.54) is 0 Å². The van der Waals surface area contributed by atoms with Gasteiger partial charge in [0.2, 0.25) is 0 Å². The van der Waals surface area contributed by atoms with Crippen LogP contribution in [0, 0.1) is 16.7 Å². The van der Waals surface area contributed by atoms with E-state index in [0.29, 0.717) is 6.42 Å². The summed E-state index contributed by atoms with van der Waals surface area (Å²) in [5.74, 6) is -2.08. The van der Waals surface area contributed by atoms with Crippen molar-refractivity contribution < 1.29 is 19.8 Å². The van der Waals surface area contributed by atoms with Crippen LogP contribution in [-0.4, -0.2) is 22.2 Å². The average Bonchev–Trinajstić information content (AvgIpc) is 2.57. The third kappa shape index (κ3) is 3.01. The maximum atomic E-state index is 12.3. The molecule has 1 aliphatic carbocycles. The first-order valence-corrected chi connectivity index (χ1v) is 8.26. The number of hydrogen-bond donors (Lipinski definition) is 2. The second-order valence-corrected chi connectivity index (χ2v) is 6.65. The first-order valence-electron chi connectivity index (χ1n) is 8.26. The standard InChI is InChI=1S/C20H24O4/c1-3-15(2)13-19(17(21)22)11-7-8-12-20(19,18(23)24)14-16-9-5-4-6-10-16/h4-12,15H,3,13-14H2,1-2H3,(H,21,22)(H,23,24). The number of hydrogen-bond acceptors (Lipinski definition) is 2. The van der Waals surface area contributed by atoms with Crippen molar-refractivity contribution in [2.24, 2.45) is 16.7 Å². The van der Waals surface area contributed by atoms with Gasteiger partial charge in [-0.15, -0.1) is 0 Å². The van der Waals surface area contributed by atoms with Crippen LogP contribution < -0.4 is 0 Å². The zero-order valence-electron chi connectivity index (χ0n) is 14.1. The monoisotopic (exact) mass is 328 g/mol. The number of aliphatic carboxylic acids is 2. The lowest BCUT2D eigenvalue weighted by Gasteiger charge is -2.44. The molecule has 0 saturated carbocycles. The van der Waals surface area contributed by atoms with E-state index in [2.05, 4.69) is 0 Å². The van der Waals surface area contributed by atoms with Crippen LogP contribution in [0.4, 0.5) is 0 Å². The summed E-state index contributed by atoms with van der Waals surface area (Å²) in [5.41, 5.74) is -2.15. The Balaban J connectivity index is 2.59. The van der Waals surface area contributed by atoms with Crippen LogP contribution in [0.15, 0.2) is 54.6 Å². The Morgan fingerprint density at radius 3 is 2.04 bits per heavy atom. The molecule has 0 spiro atoms. The second kappa shape index (κ2) is 7.04. The van der Waals surface area contributed by atoms with E-state index >= 15 is 0 Å². The highest BCUT2D eigenvalue weighted by Gasteiger charge is 2.59. The molecule has 0 saturated heterocycles. The number of rotatable bonds is 7. The first-order chi connectivity index (χ1) is 11.4. The summed E-state index contributed by atoms with van der Waals surface area (Å²) >= 11 is 0. The van der Waals surface area contributed by atoms with Gasteiger partial charge in [-0.2, -0.15) is 0 Å². The highest BCUT2D eigenvalue weighted by molar-refractivity contribution is 5.91. The lowest BCUT2D eigenvalue weighted by molar-refractivity contribution is -0.167. The Morgan fingerprint density at radius 1 is 1.00 bits per heavy atom. The molecular formula is C20H24O4. The Kier molecular flexibility index (Phi) is 5.27. The van der Waals surface area contributed by atoms with Crippen molar-refractivity contribution in [1.82, 2.24) is 0 Å². The fourth-order valence-corrected chi connectivity index (χ4v) is 3.50. The number of allylic oxidation sites excluding steroid dienone is 2. The van der Waals surface area contributed by atoms with Crippen molar-refractivity contribution >= 4 is 11.9 Å². The molecule has 3 unspecified atom stereocenters. The first kappa shape index (κ1) is 18.0. The van der Waals surface area contributed by atoms with Gasteiger partial charge in [0.25, 0.3) is 0 Å². The van der Waals surface area contributed by atoms with Gasteiger partial charge in [-0.1, -0.05) is 74.9 Å². The fraction of sp³-hybridized carbons (Fsp3) is 0.400. The smallest absolute Gasteiger partial charge is 0.315 e. The quantitative estimate of drug-likeness (QED) is 0.795. The summed E-state index contributed by atoms with van der Waals surface area (Å²) in [6.45, 7) is 3.95. The molecule has 2 rings (SSSR count). The molecule has 0 aliphatic heterocycles. The summed E-state index contributed by atoms with van der Waals surface area (Å²) in [5, 5.41) is 20.1. The van der Waals surface area contributed by atoms with E-state index in [9.17, 15) is 19.8 Å². The number of carbonyl (C=O) groups is 2. The van der Waals surface area contributed by atoms with Gasteiger partial charge in [0, 0.05) is 0 Å². The van der Waals surface area contributed by atoms with Crippen molar-refractivity contribution in [2.75, 3.05) is 0 Å². The van der Waals surface area contributed by atoms with Crippen molar-refractivity contribution in [1.29, 1.82) is 0 Å². The maximum Gasteiger partial charge on any atom is 0.315 e. The van der Waals surface area contributed by atoms with Crippen LogP contribution in [0.25, 0.3) is 0 Å². The lowest BCUT2D eigenvalue weighted by atomic mass is 9.55. The molecule has 1 aromatic carbocycles. The SMILES string of the molecule is CCC(C)CC1(C(=O)O)C=CC=CC1(Cc1ccccc1)C(=O)O. The topological polar surface area (TPSA) is 74.6 Å². The normalized spacial score (nSPS) is 26.9. The summed E-state index contributed by atoms with van der Waals surface area (Å²) < 4.78 is 0. The van der Waals surface area contributed by atoms with Crippen molar-refractivity contribution in [2.45, 2.75) is 33.1 Å². The molecule has 4 nitrogen and oxygen atoms in total. The van der Waals surface area contributed by atoms with Gasteiger partial charge in [-0.25, -0.2) is 0 Å². The maximum absolute atomic E-state index is 12.3. The predicted octanol–water partition coefficient (Wildman–Crippen LogP) is 3.93. The fourth-order valence-electron chi connectivity index (χ4n) is 3.50. The molecule has 0 radical (unpaired) electrons. The van der Waals surface area contributed by atoms with Crippen molar-refractivity contribution in [3.05, 3.63) is 60.2 Å². The minimum Gasteiger partial charge on any atom is -0.481 e. The second-order valence-electron chi connectivity index (χ2n) is 6.65. The van der Waals surface area contributed by atoms with E-state index < -0.39 is 22.8 Å². The van der Waals surface area contributed by atoms with Crippen LogP contribution in [0.1, 0.15) is 32.3 Å². The summed E-state index contributed by atoms with van der Waals surface area (Å²) in [6, 6.07) is 9.21. The van der Waals surface area contributed by atoms with E-state index in [1.807, 2.05) is 44.2 Å². The molecule has 1 aromatic rings. The van der Waals surface area contributed by atoms with Crippen LogP contribution in [0.2, 0.25) is 0 Å². The zero-order valence-corrected chi connectivity index (χ0v) is 14.1. The van der Waals surface area contributed by atoms with E-state index in [0.717, 1.165) is 12.0 Å². The average molecular weight is 328 g/mol. The number of carboxylic acids is 2. The Morgan fingerprint density at radius 2 is 1.54 bits per heavy atom. The van der Waals surface area contributed by atoms with Crippen molar-refractivity contribution in [3.8, 4) is 0 Å². The minimum absolute atomic E-state index is 0.103. The summed E-state index contributed by atoms with van der Waals surface area (Å²) in [4.78, 5) is 24.6. The summed E-state index contributed by atoms with van der Waals surface area (Å²) in [7, 11) is 0. The largest absolute Gasteiger partial charge is 0.481 e. The van der Waals surface area contributed by atoms with Gasteiger partial charge in [-0.05, 0) is 24.3 Å². The minimum atomic E-state index is -1.50. The molecule has 0 fully saturated rings. The van der Waals surface area contributed by atoms with Gasteiger partial charge >= 0.3 is 11.9 Å². The highest BCUT2D eigenvalue weighted by atomic mass is 16.4. The molecule has 3 atom stereocenters. The molecule has 2 N–H and O–H groups in total. The molecule has 0 aromatic heterocycles.